The zero-order chi connectivity index (χ0) is 18.1. The van der Waals surface area contributed by atoms with E-state index in [9.17, 15) is 9.59 Å². The van der Waals surface area contributed by atoms with Crippen LogP contribution in [0.3, 0.4) is 0 Å². The Bertz CT molecular complexity index is 555. The smallest absolute Gasteiger partial charge is 0.222 e. The summed E-state index contributed by atoms with van der Waals surface area (Å²) in [6, 6.07) is 7.13. The van der Waals surface area contributed by atoms with Gasteiger partial charge in [-0.3, -0.25) is 9.59 Å². The minimum absolute atomic E-state index is 0. The van der Waals surface area contributed by atoms with Crippen LogP contribution in [0, 0.1) is 5.92 Å². The van der Waals surface area contributed by atoms with Crippen molar-refractivity contribution in [3.63, 3.8) is 0 Å². The third-order valence-corrected chi connectivity index (χ3v) is 4.71. The van der Waals surface area contributed by atoms with Crippen LogP contribution in [0.15, 0.2) is 24.3 Å². The van der Waals surface area contributed by atoms with E-state index in [1.54, 1.807) is 31.2 Å². The Labute approximate surface area is 162 Å². The summed E-state index contributed by atoms with van der Waals surface area (Å²) in [7, 11) is 0. The molecule has 0 bridgehead atoms. The van der Waals surface area contributed by atoms with E-state index in [-0.39, 0.29) is 24.1 Å². The van der Waals surface area contributed by atoms with Crippen LogP contribution in [0.2, 0.25) is 0 Å². The van der Waals surface area contributed by atoms with Crippen molar-refractivity contribution < 1.29 is 14.3 Å². The summed E-state index contributed by atoms with van der Waals surface area (Å²) >= 11 is 0. The van der Waals surface area contributed by atoms with Crippen molar-refractivity contribution in [3.8, 4) is 5.75 Å². The van der Waals surface area contributed by atoms with Gasteiger partial charge in [0.05, 0.1) is 6.61 Å². The topological polar surface area (TPSA) is 58.6 Å². The van der Waals surface area contributed by atoms with Gasteiger partial charge in [0.25, 0.3) is 0 Å². The van der Waals surface area contributed by atoms with E-state index < -0.39 is 0 Å². The van der Waals surface area contributed by atoms with Gasteiger partial charge >= 0.3 is 0 Å². The summed E-state index contributed by atoms with van der Waals surface area (Å²) in [5.41, 5.74) is 0.681. The second-order valence-electron chi connectivity index (χ2n) is 6.66. The molecule has 6 heteroatoms. The molecule has 1 aromatic rings. The molecular formula is C20H31ClN2O3. The molecular weight excluding hydrogens is 352 g/mol. The predicted octanol–water partition coefficient (Wildman–Crippen LogP) is 3.32. The average Bonchev–Trinajstić information content (AvgIpc) is 2.64. The van der Waals surface area contributed by atoms with Crippen LogP contribution < -0.4 is 10.1 Å². The summed E-state index contributed by atoms with van der Waals surface area (Å²) in [4.78, 5) is 25.5. The maximum absolute atomic E-state index is 12.3. The van der Waals surface area contributed by atoms with Crippen LogP contribution in [-0.4, -0.2) is 49.4 Å². The molecule has 1 aliphatic heterocycles. The Morgan fingerprint density at radius 3 is 2.42 bits per heavy atom. The van der Waals surface area contributed by atoms with Crippen LogP contribution in [0.4, 0.5) is 0 Å². The molecule has 1 fully saturated rings. The van der Waals surface area contributed by atoms with Crippen LogP contribution in [0.5, 0.6) is 5.75 Å². The number of ketones is 1. The summed E-state index contributed by atoms with van der Waals surface area (Å²) in [5.74, 6) is 1.72. The van der Waals surface area contributed by atoms with Crippen molar-refractivity contribution in [2.24, 2.45) is 5.92 Å². The lowest BCUT2D eigenvalue weighted by Gasteiger charge is -2.32. The monoisotopic (exact) mass is 382 g/mol. The third kappa shape index (κ3) is 7.34. The van der Waals surface area contributed by atoms with Gasteiger partial charge in [-0.2, -0.15) is 0 Å². The second-order valence-corrected chi connectivity index (χ2v) is 6.66. The van der Waals surface area contributed by atoms with Gasteiger partial charge in [-0.25, -0.2) is 0 Å². The number of carbonyl (C=O) groups is 2. The SMILES string of the molecule is CCNCC1CCN(C(=O)CCCOc2ccc(C(C)=O)cc2)CC1.Cl. The summed E-state index contributed by atoms with van der Waals surface area (Å²) < 4.78 is 5.65. The summed E-state index contributed by atoms with van der Waals surface area (Å²) in [6.45, 7) is 8.01. The van der Waals surface area contributed by atoms with Crippen molar-refractivity contribution >= 4 is 24.1 Å². The van der Waals surface area contributed by atoms with Crippen molar-refractivity contribution in [1.82, 2.24) is 10.2 Å². The number of nitrogens with zero attached hydrogens (tertiary/aromatic N) is 1. The largest absolute Gasteiger partial charge is 0.494 e. The third-order valence-electron chi connectivity index (χ3n) is 4.71. The zero-order valence-corrected chi connectivity index (χ0v) is 16.6. The molecule has 1 aromatic carbocycles. The molecule has 1 heterocycles. The van der Waals surface area contributed by atoms with E-state index in [1.165, 1.54) is 0 Å². The van der Waals surface area contributed by atoms with Crippen molar-refractivity contribution in [1.29, 1.82) is 0 Å². The fraction of sp³-hybridized carbons (Fsp3) is 0.600. The number of nitrogens with one attached hydrogen (secondary N) is 1. The molecule has 0 spiro atoms. The van der Waals surface area contributed by atoms with Crippen LogP contribution >= 0.6 is 12.4 Å². The first-order chi connectivity index (χ1) is 12.1. The Morgan fingerprint density at radius 2 is 1.85 bits per heavy atom. The number of amides is 1. The van der Waals surface area contributed by atoms with E-state index in [2.05, 4.69) is 12.2 Å². The van der Waals surface area contributed by atoms with E-state index in [0.717, 1.165) is 44.8 Å². The van der Waals surface area contributed by atoms with Gasteiger partial charge in [0.1, 0.15) is 5.75 Å². The van der Waals surface area contributed by atoms with Gasteiger partial charge in [0.2, 0.25) is 5.91 Å². The van der Waals surface area contributed by atoms with Crippen molar-refractivity contribution in [2.45, 2.75) is 39.5 Å². The number of carbonyl (C=O) groups excluding carboxylic acids is 2. The first-order valence-corrected chi connectivity index (χ1v) is 9.32. The average molecular weight is 383 g/mol. The molecule has 1 saturated heterocycles. The Kier molecular flexibility index (Phi) is 10.3. The minimum Gasteiger partial charge on any atom is -0.494 e. The second kappa shape index (κ2) is 11.9. The molecule has 0 unspecified atom stereocenters. The Hall–Kier alpha value is -1.59. The highest BCUT2D eigenvalue weighted by atomic mass is 35.5. The molecule has 5 nitrogen and oxygen atoms in total. The van der Waals surface area contributed by atoms with Gasteiger partial charge in [0.15, 0.2) is 5.78 Å². The molecule has 146 valence electrons. The molecule has 2 rings (SSSR count). The summed E-state index contributed by atoms with van der Waals surface area (Å²) in [6.07, 6.45) is 3.43. The fourth-order valence-corrected chi connectivity index (χ4v) is 3.09. The number of rotatable bonds is 9. The number of likely N-dealkylation sites (tertiary alicyclic amines) is 1. The molecule has 0 saturated carbocycles. The van der Waals surface area contributed by atoms with Crippen LogP contribution in [0.1, 0.15) is 49.9 Å². The molecule has 0 radical (unpaired) electrons. The fourth-order valence-electron chi connectivity index (χ4n) is 3.09. The molecule has 1 N–H and O–H groups in total. The molecule has 1 amide bonds. The zero-order valence-electron chi connectivity index (χ0n) is 15.8. The lowest BCUT2D eigenvalue weighted by atomic mass is 9.96. The first-order valence-electron chi connectivity index (χ1n) is 9.32. The summed E-state index contributed by atoms with van der Waals surface area (Å²) in [5, 5.41) is 3.39. The number of ether oxygens (including phenoxy) is 1. The minimum atomic E-state index is 0. The van der Waals surface area contributed by atoms with Gasteiger partial charge in [-0.15, -0.1) is 12.4 Å². The maximum atomic E-state index is 12.3. The van der Waals surface area contributed by atoms with E-state index in [1.807, 2.05) is 4.90 Å². The number of halogens is 1. The highest BCUT2D eigenvalue weighted by Crippen LogP contribution is 2.18. The normalized spacial score (nSPS) is 14.6. The van der Waals surface area contributed by atoms with E-state index in [4.69, 9.17) is 4.74 Å². The number of piperidine rings is 1. The predicted molar refractivity (Wildman–Crippen MR) is 106 cm³/mol. The van der Waals surface area contributed by atoms with E-state index in [0.29, 0.717) is 30.9 Å². The molecule has 26 heavy (non-hydrogen) atoms. The van der Waals surface area contributed by atoms with Gasteiger partial charge in [0, 0.05) is 25.1 Å². The molecule has 0 aliphatic carbocycles. The lowest BCUT2D eigenvalue weighted by Crippen LogP contribution is -2.40. The lowest BCUT2D eigenvalue weighted by molar-refractivity contribution is -0.132. The number of Topliss-reactive ketones (excluding diaryl/α,β-unsaturated/α-hetero) is 1. The van der Waals surface area contributed by atoms with E-state index >= 15 is 0 Å². The number of hydrogen-bond acceptors (Lipinski definition) is 4. The van der Waals surface area contributed by atoms with Crippen molar-refractivity contribution in [3.05, 3.63) is 29.8 Å². The van der Waals surface area contributed by atoms with Gasteiger partial charge < -0.3 is 15.0 Å². The van der Waals surface area contributed by atoms with Crippen LogP contribution in [0.25, 0.3) is 0 Å². The van der Waals surface area contributed by atoms with Gasteiger partial charge in [-0.1, -0.05) is 6.92 Å². The standard InChI is InChI=1S/C20H30N2O3.ClH/c1-3-21-15-17-10-12-22(13-11-17)20(24)5-4-14-25-19-8-6-18(7-9-19)16(2)23;/h6-9,17,21H,3-5,10-15H2,1-2H3;1H. The van der Waals surface area contributed by atoms with Gasteiger partial charge in [-0.05, 0) is 69.5 Å². The Balaban J connectivity index is 0.00000338. The molecule has 0 aromatic heterocycles. The number of benzene rings is 1. The van der Waals surface area contributed by atoms with Crippen LogP contribution in [-0.2, 0) is 4.79 Å². The first kappa shape index (κ1) is 22.5. The quantitative estimate of drug-likeness (QED) is 0.525. The highest BCUT2D eigenvalue weighted by molar-refractivity contribution is 5.94. The highest BCUT2D eigenvalue weighted by Gasteiger charge is 2.21. The number of hydrogen-bond donors (Lipinski definition) is 1. The van der Waals surface area contributed by atoms with Crippen molar-refractivity contribution in [2.75, 3.05) is 32.8 Å². The maximum Gasteiger partial charge on any atom is 0.222 e. The molecule has 1 aliphatic rings. The Morgan fingerprint density at radius 1 is 1.19 bits per heavy atom. The molecule has 0 atom stereocenters.